The zero-order valence-corrected chi connectivity index (χ0v) is 16.4. The maximum absolute atomic E-state index is 12.7. The summed E-state index contributed by atoms with van der Waals surface area (Å²) >= 11 is 0. The number of hydrogen-bond acceptors (Lipinski definition) is 8. The molecule has 1 saturated heterocycles. The zero-order chi connectivity index (χ0) is 20.7. The molecule has 1 aliphatic heterocycles. The predicted octanol–water partition coefficient (Wildman–Crippen LogP) is 2.22. The summed E-state index contributed by atoms with van der Waals surface area (Å²) in [6.45, 7) is 1.37. The lowest BCUT2D eigenvalue weighted by Gasteiger charge is -2.20. The van der Waals surface area contributed by atoms with Crippen molar-refractivity contribution in [3.05, 3.63) is 24.8 Å². The van der Waals surface area contributed by atoms with Crippen molar-refractivity contribution in [3.63, 3.8) is 0 Å². The Labute approximate surface area is 171 Å². The Morgan fingerprint density at radius 1 is 1.13 bits per heavy atom. The monoisotopic (exact) mass is 416 g/mol. The maximum Gasteiger partial charge on any atom is 0.258 e. The molecule has 1 aliphatic carbocycles. The van der Waals surface area contributed by atoms with Crippen LogP contribution in [0.25, 0.3) is 11.2 Å². The molecule has 3 atom stereocenters. The lowest BCUT2D eigenvalue weighted by atomic mass is 10.0. The minimum atomic E-state index is -2.49. The van der Waals surface area contributed by atoms with E-state index in [9.17, 15) is 8.78 Å². The number of aromatic nitrogens is 6. The van der Waals surface area contributed by atoms with Crippen molar-refractivity contribution < 1.29 is 13.5 Å². The van der Waals surface area contributed by atoms with Gasteiger partial charge < -0.3 is 15.0 Å². The first kappa shape index (κ1) is 18.9. The highest BCUT2D eigenvalue weighted by atomic mass is 19.3. The predicted molar refractivity (Wildman–Crippen MR) is 106 cm³/mol. The van der Waals surface area contributed by atoms with Crippen LogP contribution in [-0.2, 0) is 6.54 Å². The number of fused-ring (bicyclic) bond motifs is 2. The van der Waals surface area contributed by atoms with Crippen LogP contribution < -0.4 is 15.0 Å². The maximum atomic E-state index is 12.7. The third-order valence-electron chi connectivity index (χ3n) is 5.89. The number of hydrogen-bond donors (Lipinski definition) is 1. The lowest BCUT2D eigenvalue weighted by Crippen LogP contribution is -2.26. The fraction of sp³-hybridized carbons (Fsp3) is 0.526. The molecule has 2 fully saturated rings. The summed E-state index contributed by atoms with van der Waals surface area (Å²) in [6, 6.07) is 0.275. The summed E-state index contributed by atoms with van der Waals surface area (Å²) in [4.78, 5) is 19.7. The van der Waals surface area contributed by atoms with Crippen molar-refractivity contribution in [2.75, 3.05) is 30.4 Å². The van der Waals surface area contributed by atoms with Crippen LogP contribution in [0.2, 0.25) is 0 Å². The van der Waals surface area contributed by atoms with Crippen molar-refractivity contribution in [3.8, 4) is 5.88 Å². The molecule has 0 amide bonds. The Bertz CT molecular complexity index is 1030. The van der Waals surface area contributed by atoms with Crippen molar-refractivity contribution in [2.24, 2.45) is 11.8 Å². The van der Waals surface area contributed by atoms with Crippen LogP contribution in [0.3, 0.4) is 0 Å². The summed E-state index contributed by atoms with van der Waals surface area (Å²) < 4.78 is 31.9. The molecule has 9 nitrogen and oxygen atoms in total. The number of rotatable bonds is 6. The molecule has 30 heavy (non-hydrogen) atoms. The molecule has 3 aromatic rings. The van der Waals surface area contributed by atoms with E-state index in [1.165, 1.54) is 10.9 Å². The van der Waals surface area contributed by atoms with Gasteiger partial charge in [0.25, 0.3) is 6.43 Å². The van der Waals surface area contributed by atoms with Crippen LogP contribution in [-0.4, -0.2) is 62.4 Å². The summed E-state index contributed by atoms with van der Waals surface area (Å²) in [5, 5.41) is 7.40. The largest absolute Gasteiger partial charge is 0.480 e. The molecule has 5 rings (SSSR count). The van der Waals surface area contributed by atoms with E-state index in [0.29, 0.717) is 34.7 Å². The lowest BCUT2D eigenvalue weighted by molar-refractivity contribution is 0.123. The first-order valence-electron chi connectivity index (χ1n) is 9.93. The van der Waals surface area contributed by atoms with Crippen LogP contribution in [0.1, 0.15) is 12.8 Å². The summed E-state index contributed by atoms with van der Waals surface area (Å²) in [6.07, 6.45) is 6.01. The highest BCUT2D eigenvalue weighted by molar-refractivity contribution is 5.71. The van der Waals surface area contributed by atoms with Crippen molar-refractivity contribution in [2.45, 2.75) is 31.9 Å². The molecule has 158 valence electrons. The second-order valence-electron chi connectivity index (χ2n) is 7.84. The topological polar surface area (TPSA) is 93.9 Å². The van der Waals surface area contributed by atoms with Gasteiger partial charge in [-0.1, -0.05) is 0 Å². The van der Waals surface area contributed by atoms with Gasteiger partial charge in [0.2, 0.25) is 5.88 Å². The molecule has 0 spiro atoms. The highest BCUT2D eigenvalue weighted by Crippen LogP contribution is 2.40. The number of alkyl halides is 2. The van der Waals surface area contributed by atoms with Gasteiger partial charge in [-0.25, -0.2) is 23.4 Å². The van der Waals surface area contributed by atoms with E-state index >= 15 is 0 Å². The molecule has 2 aliphatic rings. The van der Waals surface area contributed by atoms with E-state index in [0.717, 1.165) is 31.7 Å². The average Bonchev–Trinajstić information content (AvgIpc) is 3.41. The summed E-state index contributed by atoms with van der Waals surface area (Å²) in [7, 11) is 1.59. The van der Waals surface area contributed by atoms with Crippen molar-refractivity contribution in [1.29, 1.82) is 0 Å². The molecule has 1 N–H and O–H groups in total. The standard InChI is InChI=1S/C19H22F2N8O/c1-30-18-7-22-6-17(27-18)28-8-11-2-13(3-12(11)9-28)25-16-5-23-14-4-24-29(10-15(20)21)19(14)26-16/h4-7,11-13,15H,2-3,8-10H2,1H3,(H,25,26)/t11-,12+,13+. The number of nitrogens with zero attached hydrogens (tertiary/aromatic N) is 7. The van der Waals surface area contributed by atoms with Gasteiger partial charge in [0.15, 0.2) is 11.5 Å². The Hall–Kier alpha value is -3.11. The van der Waals surface area contributed by atoms with Crippen LogP contribution in [0.5, 0.6) is 5.88 Å². The molecule has 0 radical (unpaired) electrons. The van der Waals surface area contributed by atoms with E-state index in [4.69, 9.17) is 4.74 Å². The van der Waals surface area contributed by atoms with E-state index < -0.39 is 13.0 Å². The zero-order valence-electron chi connectivity index (χ0n) is 16.4. The Kier molecular flexibility index (Phi) is 4.80. The molecular formula is C19H22F2N8O. The Morgan fingerprint density at radius 2 is 1.93 bits per heavy atom. The van der Waals surface area contributed by atoms with Gasteiger partial charge in [-0.05, 0) is 24.7 Å². The first-order valence-corrected chi connectivity index (χ1v) is 9.93. The van der Waals surface area contributed by atoms with E-state index in [2.05, 4.69) is 35.3 Å². The Balaban J connectivity index is 1.24. The van der Waals surface area contributed by atoms with Crippen LogP contribution in [0, 0.1) is 11.8 Å². The quantitative estimate of drug-likeness (QED) is 0.654. The number of ether oxygens (including phenoxy) is 1. The van der Waals surface area contributed by atoms with Crippen LogP contribution >= 0.6 is 0 Å². The normalized spacial score (nSPS) is 23.3. The smallest absolute Gasteiger partial charge is 0.258 e. The fourth-order valence-corrected chi connectivity index (χ4v) is 4.59. The molecule has 0 aromatic carbocycles. The number of anilines is 2. The van der Waals surface area contributed by atoms with Crippen molar-refractivity contribution >= 4 is 22.8 Å². The number of halogens is 2. The van der Waals surface area contributed by atoms with Crippen LogP contribution in [0.15, 0.2) is 24.8 Å². The summed E-state index contributed by atoms with van der Waals surface area (Å²) in [5.41, 5.74) is 0.890. The molecule has 0 unspecified atom stereocenters. The number of nitrogens with one attached hydrogen (secondary N) is 1. The third-order valence-corrected chi connectivity index (χ3v) is 5.89. The van der Waals surface area contributed by atoms with Gasteiger partial charge in [-0.3, -0.25) is 4.98 Å². The SMILES string of the molecule is COc1cncc(N2C[C@H]3C[C@H](Nc4cnc5cnn(CC(F)F)c5n4)C[C@H]3C2)n1. The first-order chi connectivity index (χ1) is 14.6. The average molecular weight is 416 g/mol. The molecular weight excluding hydrogens is 394 g/mol. The van der Waals surface area contributed by atoms with Crippen LogP contribution in [0.4, 0.5) is 20.4 Å². The van der Waals surface area contributed by atoms with Gasteiger partial charge in [-0.15, -0.1) is 0 Å². The number of methoxy groups -OCH3 is 1. The molecule has 0 bridgehead atoms. The fourth-order valence-electron chi connectivity index (χ4n) is 4.59. The van der Waals surface area contributed by atoms with E-state index in [-0.39, 0.29) is 6.04 Å². The van der Waals surface area contributed by atoms with E-state index in [1.54, 1.807) is 25.7 Å². The van der Waals surface area contributed by atoms with Crippen molar-refractivity contribution in [1.82, 2.24) is 29.7 Å². The minimum Gasteiger partial charge on any atom is -0.480 e. The highest BCUT2D eigenvalue weighted by Gasteiger charge is 2.41. The molecule has 11 heteroatoms. The minimum absolute atomic E-state index is 0.275. The van der Waals surface area contributed by atoms with Gasteiger partial charge in [0.05, 0.1) is 31.9 Å². The molecule has 1 saturated carbocycles. The molecule has 4 heterocycles. The van der Waals surface area contributed by atoms with Gasteiger partial charge in [-0.2, -0.15) is 10.1 Å². The molecule has 3 aromatic heterocycles. The Morgan fingerprint density at radius 3 is 2.67 bits per heavy atom. The second kappa shape index (κ2) is 7.62. The van der Waals surface area contributed by atoms with Gasteiger partial charge in [0.1, 0.15) is 17.9 Å². The van der Waals surface area contributed by atoms with E-state index in [1.807, 2.05) is 0 Å². The van der Waals surface area contributed by atoms with Gasteiger partial charge >= 0.3 is 0 Å². The summed E-state index contributed by atoms with van der Waals surface area (Å²) in [5.74, 6) is 3.06. The third kappa shape index (κ3) is 3.59. The van der Waals surface area contributed by atoms with Gasteiger partial charge in [0, 0.05) is 19.1 Å². The second-order valence-corrected chi connectivity index (χ2v) is 7.84.